The highest BCUT2D eigenvalue weighted by Gasteiger charge is 2.01. The third kappa shape index (κ3) is 2.73. The average molecular weight is 243 g/mol. The van der Waals surface area contributed by atoms with Gasteiger partial charge < -0.3 is 5.84 Å². The molecule has 0 unspecified atom stereocenters. The lowest BCUT2D eigenvalue weighted by molar-refractivity contribution is 0.876. The van der Waals surface area contributed by atoms with Gasteiger partial charge in [0.25, 0.3) is 5.56 Å². The molecule has 0 saturated carbocycles. The quantitative estimate of drug-likeness (QED) is 0.472. The van der Waals surface area contributed by atoms with Crippen LogP contribution in [-0.2, 0) is 0 Å². The molecule has 18 heavy (non-hydrogen) atoms. The summed E-state index contributed by atoms with van der Waals surface area (Å²) in [5.74, 6) is 5.74. The van der Waals surface area contributed by atoms with Gasteiger partial charge in [0, 0.05) is 11.8 Å². The number of nitrogen functional groups attached to an aromatic ring is 1. The van der Waals surface area contributed by atoms with E-state index in [9.17, 15) is 4.79 Å². The largest absolute Gasteiger partial charge is 0.333 e. The van der Waals surface area contributed by atoms with E-state index in [4.69, 9.17) is 5.84 Å². The van der Waals surface area contributed by atoms with Gasteiger partial charge in [0.2, 0.25) is 5.95 Å². The molecule has 0 saturated heterocycles. The van der Waals surface area contributed by atoms with Crippen LogP contribution in [-0.4, -0.2) is 15.9 Å². The van der Waals surface area contributed by atoms with Crippen molar-refractivity contribution in [1.82, 2.24) is 9.66 Å². The van der Waals surface area contributed by atoms with E-state index in [-0.39, 0.29) is 11.5 Å². The molecule has 0 aliphatic heterocycles. The lowest BCUT2D eigenvalue weighted by atomic mass is 10.2. The van der Waals surface area contributed by atoms with Crippen molar-refractivity contribution in [2.24, 2.45) is 5.10 Å². The predicted molar refractivity (Wildman–Crippen MR) is 71.0 cm³/mol. The summed E-state index contributed by atoms with van der Waals surface area (Å²) in [4.78, 5) is 15.5. The topological polar surface area (TPSA) is 85.3 Å². The molecule has 6 heteroatoms. The first-order valence-corrected chi connectivity index (χ1v) is 5.37. The predicted octanol–water partition coefficient (Wildman–Crippen LogP) is 0.712. The van der Waals surface area contributed by atoms with Crippen LogP contribution >= 0.6 is 0 Å². The maximum atomic E-state index is 11.4. The molecule has 0 amide bonds. The Morgan fingerprint density at radius 3 is 2.83 bits per heavy atom. The minimum Gasteiger partial charge on any atom is -0.333 e. The van der Waals surface area contributed by atoms with E-state index in [0.29, 0.717) is 5.69 Å². The molecule has 1 heterocycles. The molecule has 0 radical (unpaired) electrons. The minimum atomic E-state index is -0.333. The Bertz CT molecular complexity index is 618. The zero-order chi connectivity index (χ0) is 13.0. The summed E-state index contributed by atoms with van der Waals surface area (Å²) in [5.41, 5.74) is 3.82. The molecule has 2 rings (SSSR count). The average Bonchev–Trinajstić information content (AvgIpc) is 2.36. The second-order valence-corrected chi connectivity index (χ2v) is 3.71. The van der Waals surface area contributed by atoms with Gasteiger partial charge in [-0.25, -0.2) is 10.4 Å². The van der Waals surface area contributed by atoms with E-state index in [0.717, 1.165) is 10.2 Å². The van der Waals surface area contributed by atoms with Gasteiger partial charge in [0.15, 0.2) is 0 Å². The minimum absolute atomic E-state index is 0.201. The summed E-state index contributed by atoms with van der Waals surface area (Å²) in [6, 6.07) is 10.9. The molecule has 2 aromatic rings. The Balaban J connectivity index is 2.16. The van der Waals surface area contributed by atoms with Crippen LogP contribution in [0, 0.1) is 6.92 Å². The molecular weight excluding hydrogens is 230 g/mol. The smallest absolute Gasteiger partial charge is 0.273 e. The fraction of sp³-hybridized carbons (Fsp3) is 0.0833. The van der Waals surface area contributed by atoms with Crippen LogP contribution in [0.5, 0.6) is 0 Å². The highest BCUT2D eigenvalue weighted by Crippen LogP contribution is 1.99. The first-order valence-electron chi connectivity index (χ1n) is 5.37. The molecule has 3 N–H and O–H groups in total. The van der Waals surface area contributed by atoms with E-state index in [1.165, 1.54) is 6.07 Å². The van der Waals surface area contributed by atoms with Crippen molar-refractivity contribution in [2.45, 2.75) is 6.92 Å². The molecule has 1 aromatic carbocycles. The first-order chi connectivity index (χ1) is 8.66. The molecular formula is C12H13N5O. The number of anilines is 1. The Labute approximate surface area is 104 Å². The van der Waals surface area contributed by atoms with Gasteiger partial charge in [-0.1, -0.05) is 30.3 Å². The molecule has 0 atom stereocenters. The van der Waals surface area contributed by atoms with Crippen molar-refractivity contribution in [2.75, 3.05) is 11.3 Å². The molecule has 0 spiro atoms. The van der Waals surface area contributed by atoms with Crippen molar-refractivity contribution < 1.29 is 0 Å². The maximum absolute atomic E-state index is 11.4. The second kappa shape index (κ2) is 5.13. The van der Waals surface area contributed by atoms with Crippen molar-refractivity contribution in [3.05, 3.63) is 58.0 Å². The van der Waals surface area contributed by atoms with E-state index in [1.807, 2.05) is 30.3 Å². The number of hydrogen-bond acceptors (Lipinski definition) is 5. The van der Waals surface area contributed by atoms with Crippen LogP contribution in [0.15, 0.2) is 46.3 Å². The summed E-state index contributed by atoms with van der Waals surface area (Å²) in [6.45, 7) is 1.72. The Kier molecular flexibility index (Phi) is 3.38. The van der Waals surface area contributed by atoms with Crippen LogP contribution in [0.25, 0.3) is 0 Å². The highest BCUT2D eigenvalue weighted by atomic mass is 16.1. The van der Waals surface area contributed by atoms with Crippen molar-refractivity contribution in [1.29, 1.82) is 0 Å². The molecule has 0 bridgehead atoms. The fourth-order valence-corrected chi connectivity index (χ4v) is 1.39. The Morgan fingerprint density at radius 1 is 1.39 bits per heavy atom. The van der Waals surface area contributed by atoms with Gasteiger partial charge >= 0.3 is 0 Å². The normalized spacial score (nSPS) is 10.7. The number of aromatic nitrogens is 2. The van der Waals surface area contributed by atoms with Crippen LogP contribution in [0.1, 0.15) is 11.3 Å². The maximum Gasteiger partial charge on any atom is 0.273 e. The van der Waals surface area contributed by atoms with E-state index >= 15 is 0 Å². The van der Waals surface area contributed by atoms with Crippen molar-refractivity contribution in [3.8, 4) is 0 Å². The first kappa shape index (κ1) is 11.8. The summed E-state index contributed by atoms with van der Waals surface area (Å²) < 4.78 is 0.912. The summed E-state index contributed by atoms with van der Waals surface area (Å²) in [7, 11) is 0. The Hall–Kier alpha value is -2.63. The van der Waals surface area contributed by atoms with Gasteiger partial charge in [-0.2, -0.15) is 9.78 Å². The van der Waals surface area contributed by atoms with Crippen molar-refractivity contribution >= 4 is 12.2 Å². The summed E-state index contributed by atoms with van der Waals surface area (Å²) >= 11 is 0. The molecule has 0 aliphatic carbocycles. The summed E-state index contributed by atoms with van der Waals surface area (Å²) in [5, 5.41) is 3.98. The van der Waals surface area contributed by atoms with E-state index in [1.54, 1.807) is 13.1 Å². The number of benzene rings is 1. The number of nitrogens with two attached hydrogens (primary N) is 1. The van der Waals surface area contributed by atoms with Gasteiger partial charge in [0.05, 0.1) is 6.21 Å². The van der Waals surface area contributed by atoms with Crippen LogP contribution in [0.4, 0.5) is 5.95 Å². The van der Waals surface area contributed by atoms with Crippen LogP contribution in [0.3, 0.4) is 0 Å². The number of hydrogen-bond donors (Lipinski definition) is 2. The second-order valence-electron chi connectivity index (χ2n) is 3.71. The SMILES string of the molecule is Cc1cc(=O)n(N)c(NN=Cc2ccccc2)n1. The van der Waals surface area contributed by atoms with Gasteiger partial charge in [-0.05, 0) is 12.5 Å². The molecule has 6 nitrogen and oxygen atoms in total. The molecule has 0 aliphatic rings. The summed E-state index contributed by atoms with van der Waals surface area (Å²) in [6.07, 6.45) is 1.62. The number of nitrogens with zero attached hydrogens (tertiary/aromatic N) is 3. The fourth-order valence-electron chi connectivity index (χ4n) is 1.39. The van der Waals surface area contributed by atoms with E-state index in [2.05, 4.69) is 15.5 Å². The number of hydrazone groups is 1. The Morgan fingerprint density at radius 2 is 2.11 bits per heavy atom. The molecule has 1 aromatic heterocycles. The third-order valence-electron chi connectivity index (χ3n) is 2.26. The number of aryl methyl sites for hydroxylation is 1. The highest BCUT2D eigenvalue weighted by molar-refractivity contribution is 5.79. The zero-order valence-electron chi connectivity index (χ0n) is 9.87. The van der Waals surface area contributed by atoms with E-state index < -0.39 is 0 Å². The standard InChI is InChI=1S/C12H13N5O/c1-9-7-11(18)17(13)12(15-9)16-14-8-10-5-3-2-4-6-10/h2-8H,13H2,1H3,(H,15,16). The van der Waals surface area contributed by atoms with Gasteiger partial charge in [-0.15, -0.1) is 0 Å². The van der Waals surface area contributed by atoms with Gasteiger partial charge in [0.1, 0.15) is 0 Å². The van der Waals surface area contributed by atoms with Crippen molar-refractivity contribution in [3.63, 3.8) is 0 Å². The monoisotopic (exact) mass is 243 g/mol. The van der Waals surface area contributed by atoms with Gasteiger partial charge in [-0.3, -0.25) is 4.79 Å². The van der Waals surface area contributed by atoms with Crippen LogP contribution < -0.4 is 16.8 Å². The third-order valence-corrected chi connectivity index (χ3v) is 2.26. The zero-order valence-corrected chi connectivity index (χ0v) is 9.87. The molecule has 0 fully saturated rings. The number of rotatable bonds is 3. The lowest BCUT2D eigenvalue weighted by Crippen LogP contribution is -2.30. The molecule has 92 valence electrons. The number of nitrogens with one attached hydrogen (secondary N) is 1. The lowest BCUT2D eigenvalue weighted by Gasteiger charge is -2.05. The van der Waals surface area contributed by atoms with Crippen LogP contribution in [0.2, 0.25) is 0 Å².